The smallest absolute Gasteiger partial charge is 0.243 e. The number of nitrogens with zero attached hydrogens (tertiary/aromatic N) is 5. The molecule has 190 valence electrons. The monoisotopic (exact) mass is 509 g/mol. The van der Waals surface area contributed by atoms with Crippen molar-refractivity contribution in [1.82, 2.24) is 35.3 Å². The first-order valence-corrected chi connectivity index (χ1v) is 12.6. The molecule has 2 amide bonds. The van der Waals surface area contributed by atoms with Crippen molar-refractivity contribution >= 4 is 23.4 Å². The van der Waals surface area contributed by atoms with Crippen molar-refractivity contribution < 1.29 is 9.59 Å². The number of amides is 2. The zero-order valence-electron chi connectivity index (χ0n) is 20.6. The Balaban J connectivity index is 1.42. The van der Waals surface area contributed by atoms with E-state index in [9.17, 15) is 9.59 Å². The van der Waals surface area contributed by atoms with Crippen LogP contribution in [0.5, 0.6) is 0 Å². The van der Waals surface area contributed by atoms with Crippen LogP contribution in [-0.4, -0.2) is 55.1 Å². The van der Waals surface area contributed by atoms with Crippen LogP contribution in [0, 0.1) is 5.92 Å². The summed E-state index contributed by atoms with van der Waals surface area (Å²) in [7, 11) is 0. The van der Waals surface area contributed by atoms with Crippen LogP contribution in [-0.2, 0) is 22.7 Å². The summed E-state index contributed by atoms with van der Waals surface area (Å²) in [5.74, 6) is 0.116. The molecule has 3 aromatic rings. The van der Waals surface area contributed by atoms with Crippen LogP contribution in [0.25, 0.3) is 5.69 Å². The van der Waals surface area contributed by atoms with Crippen molar-refractivity contribution in [3.63, 3.8) is 0 Å². The average Bonchev–Trinajstić information content (AvgIpc) is 3.58. The second-order valence-electron chi connectivity index (χ2n) is 9.40. The van der Waals surface area contributed by atoms with Gasteiger partial charge in [-0.3, -0.25) is 14.6 Å². The van der Waals surface area contributed by atoms with E-state index in [4.69, 9.17) is 11.6 Å². The van der Waals surface area contributed by atoms with Gasteiger partial charge in [0.1, 0.15) is 18.7 Å². The number of hydrogen-bond donors (Lipinski definition) is 2. The summed E-state index contributed by atoms with van der Waals surface area (Å²) < 4.78 is 1.63. The largest absolute Gasteiger partial charge is 0.350 e. The fourth-order valence-corrected chi connectivity index (χ4v) is 4.72. The van der Waals surface area contributed by atoms with Gasteiger partial charge in [0.2, 0.25) is 11.8 Å². The van der Waals surface area contributed by atoms with Gasteiger partial charge in [-0.2, -0.15) is 5.10 Å². The second kappa shape index (κ2) is 12.1. The highest BCUT2D eigenvalue weighted by Crippen LogP contribution is 2.22. The Morgan fingerprint density at radius 3 is 2.78 bits per heavy atom. The summed E-state index contributed by atoms with van der Waals surface area (Å²) in [5.41, 5.74) is 2.47. The molecular weight excluding hydrogens is 478 g/mol. The van der Waals surface area contributed by atoms with Crippen molar-refractivity contribution in [2.24, 2.45) is 5.92 Å². The number of benzene rings is 1. The van der Waals surface area contributed by atoms with Gasteiger partial charge >= 0.3 is 0 Å². The summed E-state index contributed by atoms with van der Waals surface area (Å²) >= 11 is 6.21. The molecule has 10 heteroatoms. The molecule has 2 N–H and O–H groups in total. The maximum Gasteiger partial charge on any atom is 0.243 e. The molecule has 0 unspecified atom stereocenters. The summed E-state index contributed by atoms with van der Waals surface area (Å²) in [6.45, 7) is 5.51. The third-order valence-corrected chi connectivity index (χ3v) is 6.49. The van der Waals surface area contributed by atoms with Gasteiger partial charge in [-0.25, -0.2) is 9.67 Å². The quantitative estimate of drug-likeness (QED) is 0.435. The van der Waals surface area contributed by atoms with Gasteiger partial charge in [-0.1, -0.05) is 31.5 Å². The number of likely N-dealkylation sites (tertiary alicyclic amines) is 1. The molecule has 0 radical (unpaired) electrons. The molecule has 0 spiro atoms. The Kier molecular flexibility index (Phi) is 8.66. The van der Waals surface area contributed by atoms with Gasteiger partial charge in [-0.15, -0.1) is 0 Å². The lowest BCUT2D eigenvalue weighted by Gasteiger charge is -2.29. The molecule has 2 aromatic heterocycles. The van der Waals surface area contributed by atoms with E-state index >= 15 is 0 Å². The number of pyridine rings is 1. The first kappa shape index (κ1) is 25.8. The Bertz CT molecular complexity index is 1150. The van der Waals surface area contributed by atoms with E-state index in [-0.39, 0.29) is 24.4 Å². The van der Waals surface area contributed by atoms with Crippen LogP contribution >= 0.6 is 11.6 Å². The van der Waals surface area contributed by atoms with E-state index < -0.39 is 6.04 Å². The molecule has 4 rings (SSSR count). The van der Waals surface area contributed by atoms with Gasteiger partial charge in [0.25, 0.3) is 0 Å². The normalized spacial score (nSPS) is 16.3. The zero-order valence-corrected chi connectivity index (χ0v) is 21.4. The summed E-state index contributed by atoms with van der Waals surface area (Å²) in [5, 5.41) is 11.1. The maximum absolute atomic E-state index is 13.6. The highest BCUT2D eigenvalue weighted by atomic mass is 35.5. The Morgan fingerprint density at radius 2 is 2.06 bits per heavy atom. The Hall–Kier alpha value is -3.30. The van der Waals surface area contributed by atoms with Crippen molar-refractivity contribution in [2.75, 3.05) is 6.54 Å². The Morgan fingerprint density at radius 1 is 1.19 bits per heavy atom. The average molecular weight is 510 g/mol. The summed E-state index contributed by atoms with van der Waals surface area (Å²) in [6, 6.07) is 10.3. The molecule has 1 aromatic carbocycles. The molecule has 36 heavy (non-hydrogen) atoms. The van der Waals surface area contributed by atoms with Gasteiger partial charge in [0, 0.05) is 30.9 Å². The minimum Gasteiger partial charge on any atom is -0.350 e. The first-order chi connectivity index (χ1) is 17.4. The lowest BCUT2D eigenvalue weighted by atomic mass is 10.0. The zero-order chi connectivity index (χ0) is 25.5. The predicted octanol–water partition coefficient (Wildman–Crippen LogP) is 3.13. The predicted molar refractivity (Wildman–Crippen MR) is 137 cm³/mol. The number of halogens is 1. The number of carbonyl (C=O) groups excluding carboxylic acids is 2. The molecule has 2 atom stereocenters. The molecule has 1 aliphatic rings. The van der Waals surface area contributed by atoms with Crippen LogP contribution in [0.15, 0.2) is 55.2 Å². The Labute approximate surface area is 216 Å². The molecule has 0 saturated carbocycles. The van der Waals surface area contributed by atoms with Crippen LogP contribution in [0.4, 0.5) is 0 Å². The molecule has 0 bridgehead atoms. The highest BCUT2D eigenvalue weighted by molar-refractivity contribution is 6.30. The van der Waals surface area contributed by atoms with Crippen LogP contribution in [0.1, 0.15) is 44.4 Å². The summed E-state index contributed by atoms with van der Waals surface area (Å²) in [4.78, 5) is 36.9. The van der Waals surface area contributed by atoms with E-state index in [1.807, 2.05) is 24.3 Å². The van der Waals surface area contributed by atoms with Gasteiger partial charge in [0.05, 0.1) is 17.4 Å². The molecule has 1 aliphatic heterocycles. The van der Waals surface area contributed by atoms with Crippen molar-refractivity contribution in [3.8, 4) is 5.69 Å². The van der Waals surface area contributed by atoms with E-state index in [1.165, 1.54) is 6.33 Å². The molecule has 1 fully saturated rings. The lowest BCUT2D eigenvalue weighted by molar-refractivity contribution is -0.140. The van der Waals surface area contributed by atoms with Crippen molar-refractivity contribution in [2.45, 2.75) is 58.3 Å². The van der Waals surface area contributed by atoms with Crippen LogP contribution < -0.4 is 10.6 Å². The van der Waals surface area contributed by atoms with E-state index in [2.05, 4.69) is 39.5 Å². The van der Waals surface area contributed by atoms with Gasteiger partial charge in [0.15, 0.2) is 0 Å². The highest BCUT2D eigenvalue weighted by Gasteiger charge is 2.37. The van der Waals surface area contributed by atoms with Crippen LogP contribution in [0.3, 0.4) is 0 Å². The fourth-order valence-electron chi connectivity index (χ4n) is 4.53. The van der Waals surface area contributed by atoms with Crippen molar-refractivity contribution in [1.29, 1.82) is 0 Å². The number of rotatable bonds is 10. The van der Waals surface area contributed by atoms with E-state index in [0.29, 0.717) is 36.9 Å². The van der Waals surface area contributed by atoms with E-state index in [0.717, 1.165) is 23.4 Å². The standard InChI is InChI=1S/C26H32ClN7O2/c1-18(2)12-22(30-15-21-6-3-4-10-29-21)26(36)33-11-5-7-24(33)25(35)31-14-19-13-20(27)8-9-23(19)34-17-28-16-32-34/h3-4,6,8-10,13,16-18,22,24,30H,5,7,11-12,14-15H2,1-2H3,(H,31,35)/t22-,24-/m0/s1. The number of aromatic nitrogens is 4. The third kappa shape index (κ3) is 6.47. The van der Waals surface area contributed by atoms with Crippen LogP contribution in [0.2, 0.25) is 5.02 Å². The second-order valence-corrected chi connectivity index (χ2v) is 9.84. The lowest BCUT2D eigenvalue weighted by Crippen LogP contribution is -2.52. The minimum atomic E-state index is -0.502. The fraction of sp³-hybridized carbons (Fsp3) is 0.423. The number of hydrogen-bond acceptors (Lipinski definition) is 6. The minimum absolute atomic E-state index is 0.0386. The molecule has 0 aliphatic carbocycles. The third-order valence-electron chi connectivity index (χ3n) is 6.26. The molecule has 3 heterocycles. The van der Waals surface area contributed by atoms with E-state index in [1.54, 1.807) is 34.2 Å². The number of carbonyl (C=O) groups is 2. The maximum atomic E-state index is 13.6. The number of nitrogens with one attached hydrogen (secondary N) is 2. The first-order valence-electron chi connectivity index (χ1n) is 12.3. The molecule has 9 nitrogen and oxygen atoms in total. The molecular formula is C26H32ClN7O2. The van der Waals surface area contributed by atoms with Gasteiger partial charge < -0.3 is 15.5 Å². The summed E-state index contributed by atoms with van der Waals surface area (Å²) in [6.07, 6.45) is 6.90. The SMILES string of the molecule is CC(C)C[C@H](NCc1ccccn1)C(=O)N1CCC[C@H]1C(=O)NCc1cc(Cl)ccc1-n1cncn1. The molecule has 1 saturated heterocycles. The van der Waals surface area contributed by atoms with Crippen molar-refractivity contribution in [3.05, 3.63) is 71.5 Å². The topological polar surface area (TPSA) is 105 Å². The van der Waals surface area contributed by atoms with Gasteiger partial charge in [-0.05, 0) is 61.1 Å².